The number of benzene rings is 2. The van der Waals surface area contributed by atoms with E-state index in [1.807, 2.05) is 0 Å². The van der Waals surface area contributed by atoms with E-state index < -0.39 is 33.3 Å². The second-order valence-corrected chi connectivity index (χ2v) is 10.8. The number of likely N-dealkylation sites (tertiary alicyclic amines) is 1. The van der Waals surface area contributed by atoms with Gasteiger partial charge in [0, 0.05) is 6.04 Å². The van der Waals surface area contributed by atoms with Crippen molar-refractivity contribution in [2.24, 2.45) is 0 Å². The third-order valence-electron chi connectivity index (χ3n) is 6.87. The van der Waals surface area contributed by atoms with Crippen LogP contribution in [0, 0.1) is 0 Å². The number of sulfonamides is 1. The zero-order valence-electron chi connectivity index (χ0n) is 20.2. The molecule has 2 saturated heterocycles. The van der Waals surface area contributed by atoms with Gasteiger partial charge in [-0.15, -0.1) is 0 Å². The van der Waals surface area contributed by atoms with Crippen molar-refractivity contribution in [2.75, 3.05) is 29.7 Å². The monoisotopic (exact) mass is 516 g/mol. The van der Waals surface area contributed by atoms with E-state index in [-0.39, 0.29) is 28.2 Å². The number of hydrogen-bond donors (Lipinski definition) is 5. The first kappa shape index (κ1) is 25.9. The molecule has 2 aromatic rings. The number of phenols is 1. The van der Waals surface area contributed by atoms with Gasteiger partial charge in [0.25, 0.3) is 10.0 Å². The lowest BCUT2D eigenvalue weighted by atomic mass is 10.0. The summed E-state index contributed by atoms with van der Waals surface area (Å²) in [5.74, 6) is -2.26. The smallest absolute Gasteiger partial charge is 0.341 e. The van der Waals surface area contributed by atoms with Gasteiger partial charge in [0.15, 0.2) is 0 Å². The van der Waals surface area contributed by atoms with E-state index in [2.05, 4.69) is 20.3 Å². The average Bonchev–Trinajstić information content (AvgIpc) is 3.35. The third-order valence-corrected chi connectivity index (χ3v) is 8.29. The zero-order chi connectivity index (χ0) is 25.9. The van der Waals surface area contributed by atoms with E-state index in [0.717, 1.165) is 32.4 Å². The second kappa shape index (κ2) is 10.9. The molecular formula is C25H32N4O6S. The molecule has 2 aliphatic heterocycles. The topological polar surface area (TPSA) is 148 Å². The third kappa shape index (κ3) is 5.32. The van der Waals surface area contributed by atoms with Crippen molar-refractivity contribution < 1.29 is 28.2 Å². The summed E-state index contributed by atoms with van der Waals surface area (Å²) in [6.07, 6.45) is 4.61. The Morgan fingerprint density at radius 2 is 1.81 bits per heavy atom. The molecule has 11 heteroatoms. The van der Waals surface area contributed by atoms with E-state index in [1.165, 1.54) is 36.8 Å². The predicted molar refractivity (Wildman–Crippen MR) is 136 cm³/mol. The van der Waals surface area contributed by atoms with Crippen LogP contribution in [0.5, 0.6) is 5.75 Å². The minimum atomic E-state index is -4.31. The largest absolute Gasteiger partial charge is 0.507 e. The molecule has 194 valence electrons. The molecule has 0 aliphatic carbocycles. The first-order valence-corrected chi connectivity index (χ1v) is 13.7. The van der Waals surface area contributed by atoms with E-state index in [0.29, 0.717) is 18.5 Å². The number of anilines is 2. The Labute approximate surface area is 210 Å². The number of carbonyl (C=O) groups is 2. The van der Waals surface area contributed by atoms with Gasteiger partial charge in [0.1, 0.15) is 22.3 Å². The Balaban J connectivity index is 1.58. The number of aromatic carboxylic acids is 1. The number of carboxylic acids is 1. The lowest BCUT2D eigenvalue weighted by Gasteiger charge is -2.34. The fourth-order valence-corrected chi connectivity index (χ4v) is 6.27. The van der Waals surface area contributed by atoms with Gasteiger partial charge in [0.05, 0.1) is 11.4 Å². The Kier molecular flexibility index (Phi) is 7.82. The van der Waals surface area contributed by atoms with Crippen molar-refractivity contribution in [1.29, 1.82) is 0 Å². The highest BCUT2D eigenvalue weighted by Crippen LogP contribution is 2.33. The van der Waals surface area contributed by atoms with Gasteiger partial charge in [-0.25, -0.2) is 13.2 Å². The predicted octanol–water partition coefficient (Wildman–Crippen LogP) is 2.61. The summed E-state index contributed by atoms with van der Waals surface area (Å²) >= 11 is 0. The van der Waals surface area contributed by atoms with Crippen LogP contribution in [0.3, 0.4) is 0 Å². The summed E-state index contributed by atoms with van der Waals surface area (Å²) in [6.45, 7) is 4.34. The van der Waals surface area contributed by atoms with E-state index in [9.17, 15) is 28.2 Å². The summed E-state index contributed by atoms with van der Waals surface area (Å²) in [5, 5.41) is 26.0. The summed E-state index contributed by atoms with van der Waals surface area (Å²) < 4.78 is 28.9. The van der Waals surface area contributed by atoms with Crippen molar-refractivity contribution in [3.63, 3.8) is 0 Å². The number of nitrogens with zero attached hydrogens (tertiary/aromatic N) is 1. The van der Waals surface area contributed by atoms with Crippen molar-refractivity contribution in [3.8, 4) is 5.75 Å². The van der Waals surface area contributed by atoms with E-state index >= 15 is 0 Å². The van der Waals surface area contributed by atoms with Gasteiger partial charge in [-0.05, 0) is 69.1 Å². The maximum absolute atomic E-state index is 13.3. The van der Waals surface area contributed by atoms with Crippen LogP contribution in [-0.2, 0) is 21.2 Å². The van der Waals surface area contributed by atoms with Gasteiger partial charge in [-0.1, -0.05) is 31.5 Å². The van der Waals surface area contributed by atoms with Crippen molar-refractivity contribution in [3.05, 3.63) is 47.5 Å². The second-order valence-electron chi connectivity index (χ2n) is 9.13. The SMILES string of the molecule is CCc1ccc(NS(=O)(=O)c2ccccc2NC(=O)C2NCCC2N2CCCCC2)c(C(=O)O)c1O. The fourth-order valence-electron chi connectivity index (χ4n) is 5.04. The molecule has 36 heavy (non-hydrogen) atoms. The Hall–Kier alpha value is -3.15. The Bertz CT molecular complexity index is 1240. The van der Waals surface area contributed by atoms with Crippen LogP contribution >= 0.6 is 0 Å². The van der Waals surface area contributed by atoms with Crippen LogP contribution in [0.2, 0.25) is 0 Å². The number of aromatic hydroxyl groups is 1. The highest BCUT2D eigenvalue weighted by molar-refractivity contribution is 7.92. The van der Waals surface area contributed by atoms with E-state index in [4.69, 9.17) is 0 Å². The minimum absolute atomic E-state index is 0.0466. The normalized spacial score (nSPS) is 20.7. The lowest BCUT2D eigenvalue weighted by molar-refractivity contribution is -0.119. The first-order chi connectivity index (χ1) is 17.2. The van der Waals surface area contributed by atoms with Crippen LogP contribution < -0.4 is 15.4 Å². The molecular weight excluding hydrogens is 484 g/mol. The summed E-state index contributed by atoms with van der Waals surface area (Å²) in [6, 6.07) is 8.32. The molecule has 2 fully saturated rings. The van der Waals surface area contributed by atoms with Crippen LogP contribution in [0.25, 0.3) is 0 Å². The molecule has 10 nitrogen and oxygen atoms in total. The quantitative estimate of drug-likeness (QED) is 0.360. The van der Waals surface area contributed by atoms with Gasteiger partial charge >= 0.3 is 5.97 Å². The molecule has 0 bridgehead atoms. The maximum atomic E-state index is 13.3. The summed E-state index contributed by atoms with van der Waals surface area (Å²) in [5.41, 5.74) is -0.317. The minimum Gasteiger partial charge on any atom is -0.507 e. The first-order valence-electron chi connectivity index (χ1n) is 12.2. The molecule has 0 spiro atoms. The van der Waals surface area contributed by atoms with Gasteiger partial charge < -0.3 is 20.8 Å². The Morgan fingerprint density at radius 1 is 1.08 bits per heavy atom. The summed E-state index contributed by atoms with van der Waals surface area (Å²) in [7, 11) is -4.31. The molecule has 2 atom stereocenters. The molecule has 4 rings (SSSR count). The Morgan fingerprint density at radius 3 is 2.50 bits per heavy atom. The average molecular weight is 517 g/mol. The van der Waals surface area contributed by atoms with Crippen molar-refractivity contribution in [1.82, 2.24) is 10.2 Å². The number of carboxylic acid groups (broad SMARTS) is 1. The van der Waals surface area contributed by atoms with Gasteiger partial charge in [-0.2, -0.15) is 0 Å². The number of hydrogen-bond acceptors (Lipinski definition) is 7. The molecule has 1 amide bonds. The number of nitrogens with one attached hydrogen (secondary N) is 3. The molecule has 0 saturated carbocycles. The van der Waals surface area contributed by atoms with Gasteiger partial charge in [-0.3, -0.25) is 14.4 Å². The lowest BCUT2D eigenvalue weighted by Crippen LogP contribution is -2.51. The molecule has 5 N–H and O–H groups in total. The van der Waals surface area contributed by atoms with Crippen molar-refractivity contribution >= 4 is 33.3 Å². The fraction of sp³-hybridized carbons (Fsp3) is 0.440. The molecule has 0 radical (unpaired) electrons. The van der Waals surface area contributed by atoms with Crippen LogP contribution in [0.4, 0.5) is 11.4 Å². The number of para-hydroxylation sites is 1. The molecule has 2 aromatic carbocycles. The number of rotatable bonds is 8. The van der Waals surface area contributed by atoms with Crippen molar-refractivity contribution in [2.45, 2.75) is 56.0 Å². The zero-order valence-corrected chi connectivity index (χ0v) is 21.0. The number of aryl methyl sites for hydroxylation is 1. The molecule has 2 aliphatic rings. The highest BCUT2D eigenvalue weighted by atomic mass is 32.2. The van der Waals surface area contributed by atoms with Crippen LogP contribution in [0.1, 0.15) is 48.5 Å². The molecule has 2 unspecified atom stereocenters. The van der Waals surface area contributed by atoms with Gasteiger partial charge in [0.2, 0.25) is 5.91 Å². The van der Waals surface area contributed by atoms with Crippen LogP contribution in [-0.4, -0.2) is 67.1 Å². The molecule has 0 aromatic heterocycles. The van der Waals surface area contributed by atoms with Crippen LogP contribution in [0.15, 0.2) is 41.3 Å². The standard InChI is InChI=1S/C25H32N4O6S/c1-2-16-10-11-18(21(23(16)30)25(32)33)28-36(34,35)20-9-5-4-8-17(20)27-24(31)22-19(12-13-26-22)29-14-6-3-7-15-29/h4-5,8-11,19,22,26,28,30H,2-3,6-7,12-15H2,1H3,(H,27,31)(H,32,33). The number of piperidine rings is 1. The van der Waals surface area contributed by atoms with E-state index in [1.54, 1.807) is 13.0 Å². The highest BCUT2D eigenvalue weighted by Gasteiger charge is 2.37. The number of amides is 1. The molecule has 2 heterocycles. The number of carbonyl (C=O) groups excluding carboxylic acids is 1. The maximum Gasteiger partial charge on any atom is 0.341 e. The summed E-state index contributed by atoms with van der Waals surface area (Å²) in [4.78, 5) is 27.2.